The highest BCUT2D eigenvalue weighted by Crippen LogP contribution is 2.20. The Labute approximate surface area is 111 Å². The van der Waals surface area contributed by atoms with Crippen LogP contribution in [0.5, 0.6) is 0 Å². The molecule has 2 aliphatic heterocycles. The van der Waals surface area contributed by atoms with E-state index in [0.29, 0.717) is 24.7 Å². The zero-order chi connectivity index (χ0) is 13.2. The largest absolute Gasteiger partial charge is 0.304 e. The molecule has 1 fully saturated rings. The third-order valence-electron chi connectivity index (χ3n) is 3.00. The first kappa shape index (κ1) is 13.8. The van der Waals surface area contributed by atoms with Crippen molar-refractivity contribution in [2.75, 3.05) is 25.1 Å². The summed E-state index contributed by atoms with van der Waals surface area (Å²) in [7, 11) is -3.33. The Kier molecular flexibility index (Phi) is 4.29. The highest BCUT2D eigenvalue weighted by atomic mass is 32.2. The van der Waals surface area contributed by atoms with E-state index in [1.165, 1.54) is 16.1 Å². The van der Waals surface area contributed by atoms with E-state index in [9.17, 15) is 13.2 Å². The van der Waals surface area contributed by atoms with Crippen LogP contribution in [0, 0.1) is 0 Å². The first-order valence-corrected chi connectivity index (χ1v) is 8.77. The minimum absolute atomic E-state index is 0.256. The number of piperidine rings is 1. The maximum Gasteiger partial charge on any atom is 0.244 e. The minimum Gasteiger partial charge on any atom is -0.304 e. The van der Waals surface area contributed by atoms with Crippen molar-refractivity contribution in [2.45, 2.75) is 25.3 Å². The predicted octanol–water partition coefficient (Wildman–Crippen LogP) is 0.0195. The van der Waals surface area contributed by atoms with Gasteiger partial charge in [0.25, 0.3) is 0 Å². The molecule has 18 heavy (non-hydrogen) atoms. The molecule has 0 bridgehead atoms. The van der Waals surface area contributed by atoms with E-state index in [4.69, 9.17) is 0 Å². The summed E-state index contributed by atoms with van der Waals surface area (Å²) >= 11 is 1.49. The second-order valence-corrected chi connectivity index (χ2v) is 7.43. The van der Waals surface area contributed by atoms with Crippen molar-refractivity contribution < 1.29 is 13.2 Å². The van der Waals surface area contributed by atoms with Crippen molar-refractivity contribution in [3.8, 4) is 0 Å². The average Bonchev–Trinajstić information content (AvgIpc) is 2.80. The van der Waals surface area contributed by atoms with Crippen molar-refractivity contribution in [1.82, 2.24) is 9.62 Å². The van der Waals surface area contributed by atoms with Crippen LogP contribution in [-0.4, -0.2) is 54.9 Å². The molecule has 1 amide bonds. The molecule has 6 nitrogen and oxygen atoms in total. The van der Waals surface area contributed by atoms with Gasteiger partial charge in [0.2, 0.25) is 15.9 Å². The smallest absolute Gasteiger partial charge is 0.244 e. The van der Waals surface area contributed by atoms with Gasteiger partial charge in [-0.15, -0.1) is 0 Å². The maximum absolute atomic E-state index is 12.1. The fourth-order valence-corrected chi connectivity index (χ4v) is 4.02. The number of carbonyl (C=O) groups is 1. The second-order valence-electron chi connectivity index (χ2n) is 4.41. The van der Waals surface area contributed by atoms with Crippen molar-refractivity contribution in [2.24, 2.45) is 4.99 Å². The van der Waals surface area contributed by atoms with Gasteiger partial charge in [0.15, 0.2) is 5.17 Å². The number of hydrogen-bond donors (Lipinski definition) is 1. The normalized spacial score (nSPS) is 25.8. The van der Waals surface area contributed by atoms with Crippen molar-refractivity contribution in [3.63, 3.8) is 0 Å². The molecule has 2 heterocycles. The van der Waals surface area contributed by atoms with Crippen molar-refractivity contribution >= 4 is 32.9 Å². The second kappa shape index (κ2) is 5.58. The molecule has 0 aromatic heterocycles. The van der Waals surface area contributed by atoms with Gasteiger partial charge in [-0.3, -0.25) is 9.79 Å². The van der Waals surface area contributed by atoms with Gasteiger partial charge in [0.1, 0.15) is 6.04 Å². The van der Waals surface area contributed by atoms with Crippen LogP contribution >= 0.6 is 11.8 Å². The van der Waals surface area contributed by atoms with Crippen LogP contribution in [0.2, 0.25) is 0 Å². The van der Waals surface area contributed by atoms with Crippen LogP contribution in [0.3, 0.4) is 0 Å². The fourth-order valence-electron chi connectivity index (χ4n) is 2.16. The Hall–Kier alpha value is -0.600. The zero-order valence-electron chi connectivity index (χ0n) is 10.3. The third kappa shape index (κ3) is 3.24. The molecule has 1 saturated heterocycles. The summed E-state index contributed by atoms with van der Waals surface area (Å²) in [6.07, 6.45) is 3.42. The maximum atomic E-state index is 12.1. The Balaban J connectivity index is 2.06. The molecule has 2 rings (SSSR count). The van der Waals surface area contributed by atoms with Crippen LogP contribution in [0.1, 0.15) is 19.3 Å². The monoisotopic (exact) mass is 291 g/mol. The van der Waals surface area contributed by atoms with E-state index in [0.717, 1.165) is 24.9 Å². The van der Waals surface area contributed by atoms with Gasteiger partial charge >= 0.3 is 0 Å². The molecule has 0 aromatic carbocycles. The Morgan fingerprint density at radius 3 is 2.89 bits per heavy atom. The number of rotatable bonds is 2. The third-order valence-corrected chi connectivity index (χ3v) is 5.18. The molecule has 0 radical (unpaired) electrons. The summed E-state index contributed by atoms with van der Waals surface area (Å²) in [4.78, 5) is 16.2. The first-order chi connectivity index (χ1) is 8.48. The van der Waals surface area contributed by atoms with E-state index >= 15 is 0 Å². The predicted molar refractivity (Wildman–Crippen MR) is 72.1 cm³/mol. The minimum atomic E-state index is -3.33. The number of sulfonamides is 1. The van der Waals surface area contributed by atoms with Gasteiger partial charge in [0, 0.05) is 12.3 Å². The highest BCUT2D eigenvalue weighted by Gasteiger charge is 2.34. The summed E-state index contributed by atoms with van der Waals surface area (Å²) in [5.41, 5.74) is 0. The lowest BCUT2D eigenvalue weighted by molar-refractivity contribution is -0.124. The molecular formula is C10H17N3O3S2. The SMILES string of the molecule is CS(=O)(=O)N1CCCCC1C(=O)NC1=NCCS1. The summed E-state index contributed by atoms with van der Waals surface area (Å²) in [6, 6.07) is -0.586. The fraction of sp³-hybridized carbons (Fsp3) is 0.800. The Bertz CT molecular complexity index is 461. The molecule has 0 saturated carbocycles. The summed E-state index contributed by atoms with van der Waals surface area (Å²) < 4.78 is 24.6. The van der Waals surface area contributed by atoms with Crippen molar-refractivity contribution in [1.29, 1.82) is 0 Å². The number of amides is 1. The molecule has 8 heteroatoms. The summed E-state index contributed by atoms with van der Waals surface area (Å²) in [6.45, 7) is 1.14. The summed E-state index contributed by atoms with van der Waals surface area (Å²) in [5.74, 6) is 0.615. The van der Waals surface area contributed by atoms with Gasteiger partial charge < -0.3 is 5.32 Å². The lowest BCUT2D eigenvalue weighted by Gasteiger charge is -2.32. The van der Waals surface area contributed by atoms with Gasteiger partial charge in [-0.2, -0.15) is 4.31 Å². The summed E-state index contributed by atoms with van der Waals surface area (Å²) in [5, 5.41) is 3.33. The van der Waals surface area contributed by atoms with Gasteiger partial charge in [-0.05, 0) is 12.8 Å². The number of amidine groups is 1. The number of carbonyl (C=O) groups excluding carboxylic acids is 1. The first-order valence-electron chi connectivity index (χ1n) is 5.93. The average molecular weight is 291 g/mol. The van der Waals surface area contributed by atoms with E-state index in [-0.39, 0.29) is 5.91 Å². The van der Waals surface area contributed by atoms with E-state index in [1.54, 1.807) is 0 Å². The molecule has 0 spiro atoms. The van der Waals surface area contributed by atoms with E-state index in [1.807, 2.05) is 0 Å². The van der Waals surface area contributed by atoms with Gasteiger partial charge in [0.05, 0.1) is 12.8 Å². The van der Waals surface area contributed by atoms with Crippen LogP contribution < -0.4 is 5.32 Å². The molecule has 1 atom stereocenters. The molecule has 1 N–H and O–H groups in total. The molecule has 1 unspecified atom stereocenters. The standard InChI is InChI=1S/C10H17N3O3S2/c1-18(15,16)13-6-3-2-4-8(13)9(14)12-10-11-5-7-17-10/h8H,2-7H2,1H3,(H,11,12,14). The zero-order valence-corrected chi connectivity index (χ0v) is 11.9. The highest BCUT2D eigenvalue weighted by molar-refractivity contribution is 8.14. The number of aliphatic imine (C=N–C) groups is 1. The van der Waals surface area contributed by atoms with Crippen LogP contribution in [-0.2, 0) is 14.8 Å². The molecular weight excluding hydrogens is 274 g/mol. The van der Waals surface area contributed by atoms with Crippen LogP contribution in [0.4, 0.5) is 0 Å². The number of nitrogens with one attached hydrogen (secondary N) is 1. The molecule has 102 valence electrons. The number of nitrogens with zero attached hydrogens (tertiary/aromatic N) is 2. The number of hydrogen-bond acceptors (Lipinski definition) is 5. The van der Waals surface area contributed by atoms with Crippen LogP contribution in [0.15, 0.2) is 4.99 Å². The molecule has 2 aliphatic rings. The van der Waals surface area contributed by atoms with Gasteiger partial charge in [-0.25, -0.2) is 8.42 Å². The quantitative estimate of drug-likeness (QED) is 0.778. The number of thioether (sulfide) groups is 1. The topological polar surface area (TPSA) is 78.8 Å². The van der Waals surface area contributed by atoms with E-state index < -0.39 is 16.1 Å². The van der Waals surface area contributed by atoms with Crippen LogP contribution in [0.25, 0.3) is 0 Å². The Morgan fingerprint density at radius 2 is 2.28 bits per heavy atom. The van der Waals surface area contributed by atoms with E-state index in [2.05, 4.69) is 10.3 Å². The molecule has 0 aliphatic carbocycles. The van der Waals surface area contributed by atoms with Crippen molar-refractivity contribution in [3.05, 3.63) is 0 Å². The molecule has 0 aromatic rings. The Morgan fingerprint density at radius 1 is 1.50 bits per heavy atom. The lowest BCUT2D eigenvalue weighted by atomic mass is 10.0. The lowest BCUT2D eigenvalue weighted by Crippen LogP contribution is -2.52. The van der Waals surface area contributed by atoms with Gasteiger partial charge in [-0.1, -0.05) is 18.2 Å².